The van der Waals surface area contributed by atoms with Crippen LogP contribution in [0.1, 0.15) is 21.5 Å². The average Bonchev–Trinajstić information content (AvgIpc) is 3.08. The number of carbonyl (C=O) groups is 1. The molecule has 3 aromatic rings. The van der Waals surface area contributed by atoms with Crippen molar-refractivity contribution in [3.63, 3.8) is 0 Å². The van der Waals surface area contributed by atoms with Gasteiger partial charge in [-0.05, 0) is 30.2 Å². The fourth-order valence-electron chi connectivity index (χ4n) is 2.34. The second-order valence-corrected chi connectivity index (χ2v) is 9.46. The van der Waals surface area contributed by atoms with E-state index in [0.29, 0.717) is 16.1 Å². The quantitative estimate of drug-likeness (QED) is 0.646. The zero-order valence-electron chi connectivity index (χ0n) is 14.1. The third-order valence-corrected chi connectivity index (χ3v) is 7.29. The van der Waals surface area contributed by atoms with Crippen molar-refractivity contribution >= 4 is 43.8 Å². The van der Waals surface area contributed by atoms with Crippen LogP contribution >= 0.6 is 22.9 Å². The van der Waals surface area contributed by atoms with Gasteiger partial charge >= 0.3 is 0 Å². The van der Waals surface area contributed by atoms with Crippen molar-refractivity contribution in [2.75, 3.05) is 5.32 Å². The number of hydrogen-bond donors (Lipinski definition) is 2. The van der Waals surface area contributed by atoms with Gasteiger partial charge in [-0.15, -0.1) is 0 Å². The number of amides is 1. The predicted molar refractivity (Wildman–Crippen MR) is 105 cm³/mol. The van der Waals surface area contributed by atoms with Crippen LogP contribution in [0, 0.1) is 6.92 Å². The van der Waals surface area contributed by atoms with E-state index in [9.17, 15) is 18.3 Å². The first-order chi connectivity index (χ1) is 12.8. The average molecular weight is 423 g/mol. The molecule has 27 heavy (non-hydrogen) atoms. The van der Waals surface area contributed by atoms with E-state index >= 15 is 0 Å². The Morgan fingerprint density at radius 2 is 1.96 bits per heavy atom. The Labute approximate surface area is 165 Å². The van der Waals surface area contributed by atoms with Crippen molar-refractivity contribution < 1.29 is 18.3 Å². The molecular weight excluding hydrogens is 408 g/mol. The maximum absolute atomic E-state index is 12.5. The number of aryl methyl sites for hydroxylation is 1. The highest BCUT2D eigenvalue weighted by molar-refractivity contribution is 7.92. The summed E-state index contributed by atoms with van der Waals surface area (Å²) in [7, 11) is -3.58. The molecule has 0 aliphatic heterocycles. The molecule has 1 aromatic heterocycles. The lowest BCUT2D eigenvalue weighted by Gasteiger charge is -2.07. The molecule has 0 unspecified atom stereocenters. The highest BCUT2D eigenvalue weighted by atomic mass is 35.5. The van der Waals surface area contributed by atoms with Crippen LogP contribution in [-0.2, 0) is 15.6 Å². The minimum atomic E-state index is -3.58. The fourth-order valence-corrected chi connectivity index (χ4v) is 4.96. The molecule has 6 nitrogen and oxygen atoms in total. The van der Waals surface area contributed by atoms with E-state index in [2.05, 4.69) is 10.3 Å². The highest BCUT2D eigenvalue weighted by Gasteiger charge is 2.21. The molecule has 0 bridgehead atoms. The number of phenolic OH excluding ortho intramolecular Hbond substituents is 1. The minimum absolute atomic E-state index is 0.0190. The molecule has 0 saturated heterocycles. The van der Waals surface area contributed by atoms with E-state index in [1.165, 1.54) is 18.3 Å². The van der Waals surface area contributed by atoms with Gasteiger partial charge in [-0.1, -0.05) is 53.3 Å². The molecule has 0 radical (unpaired) electrons. The van der Waals surface area contributed by atoms with Gasteiger partial charge in [0, 0.05) is 5.02 Å². The summed E-state index contributed by atoms with van der Waals surface area (Å²) in [5.74, 6) is -1.00. The van der Waals surface area contributed by atoms with Gasteiger partial charge in [-0.2, -0.15) is 0 Å². The monoisotopic (exact) mass is 422 g/mol. The Bertz CT molecular complexity index is 1100. The van der Waals surface area contributed by atoms with Crippen LogP contribution in [0.15, 0.2) is 52.9 Å². The number of aromatic hydroxyl groups is 1. The van der Waals surface area contributed by atoms with E-state index in [-0.39, 0.29) is 26.4 Å². The van der Waals surface area contributed by atoms with Crippen LogP contribution in [0.5, 0.6) is 5.75 Å². The number of thiazole rings is 1. The SMILES string of the molecule is Cc1cc(O)c(C(=O)Nc2ncc(S(=O)(=O)Cc3ccccc3)s2)cc1Cl. The summed E-state index contributed by atoms with van der Waals surface area (Å²) in [6, 6.07) is 11.5. The molecular formula is C18H15ClN2O4S2. The Morgan fingerprint density at radius 1 is 1.26 bits per heavy atom. The molecule has 140 valence electrons. The molecule has 2 aromatic carbocycles. The Kier molecular flexibility index (Phi) is 5.50. The second-order valence-electron chi connectivity index (χ2n) is 5.80. The first-order valence-corrected chi connectivity index (χ1v) is 10.6. The smallest absolute Gasteiger partial charge is 0.261 e. The summed E-state index contributed by atoms with van der Waals surface area (Å²) in [5.41, 5.74) is 1.28. The number of aromatic nitrogens is 1. The van der Waals surface area contributed by atoms with E-state index in [0.717, 1.165) is 11.3 Å². The molecule has 9 heteroatoms. The maximum Gasteiger partial charge on any atom is 0.261 e. The van der Waals surface area contributed by atoms with Crippen molar-refractivity contribution in [3.05, 3.63) is 70.4 Å². The number of anilines is 1. The van der Waals surface area contributed by atoms with Gasteiger partial charge in [0.15, 0.2) is 15.0 Å². The highest BCUT2D eigenvalue weighted by Crippen LogP contribution is 2.29. The lowest BCUT2D eigenvalue weighted by Crippen LogP contribution is -2.12. The Hall–Kier alpha value is -2.42. The lowest BCUT2D eigenvalue weighted by molar-refractivity contribution is 0.102. The molecule has 0 spiro atoms. The molecule has 1 heterocycles. The van der Waals surface area contributed by atoms with Crippen LogP contribution in [0.4, 0.5) is 5.13 Å². The van der Waals surface area contributed by atoms with Crippen LogP contribution in [0.25, 0.3) is 0 Å². The number of halogens is 1. The van der Waals surface area contributed by atoms with Crippen LogP contribution in [0.3, 0.4) is 0 Å². The molecule has 0 atom stereocenters. The zero-order chi connectivity index (χ0) is 19.6. The van der Waals surface area contributed by atoms with Crippen molar-refractivity contribution in [3.8, 4) is 5.75 Å². The normalized spacial score (nSPS) is 11.3. The fraction of sp³-hybridized carbons (Fsp3) is 0.111. The van der Waals surface area contributed by atoms with E-state index in [1.54, 1.807) is 31.2 Å². The number of nitrogens with one attached hydrogen (secondary N) is 1. The molecule has 2 N–H and O–H groups in total. The van der Waals surface area contributed by atoms with Gasteiger partial charge < -0.3 is 5.11 Å². The zero-order valence-corrected chi connectivity index (χ0v) is 16.5. The summed E-state index contributed by atoms with van der Waals surface area (Å²) in [6.07, 6.45) is 1.21. The predicted octanol–water partition coefficient (Wildman–Crippen LogP) is 4.04. The number of carbonyl (C=O) groups excluding carboxylic acids is 1. The number of sulfone groups is 1. The van der Waals surface area contributed by atoms with Crippen LogP contribution < -0.4 is 5.32 Å². The topological polar surface area (TPSA) is 96.4 Å². The van der Waals surface area contributed by atoms with Crippen molar-refractivity contribution in [2.24, 2.45) is 0 Å². The summed E-state index contributed by atoms with van der Waals surface area (Å²) < 4.78 is 25.1. The van der Waals surface area contributed by atoms with Crippen molar-refractivity contribution in [2.45, 2.75) is 16.9 Å². The minimum Gasteiger partial charge on any atom is -0.507 e. The van der Waals surface area contributed by atoms with Gasteiger partial charge in [-0.25, -0.2) is 13.4 Å². The number of benzene rings is 2. The van der Waals surface area contributed by atoms with Gasteiger partial charge in [0.05, 0.1) is 17.5 Å². The first kappa shape index (κ1) is 19.3. The number of hydrogen-bond acceptors (Lipinski definition) is 6. The lowest BCUT2D eigenvalue weighted by atomic mass is 10.1. The third-order valence-electron chi connectivity index (χ3n) is 3.73. The summed E-state index contributed by atoms with van der Waals surface area (Å²) in [4.78, 5) is 16.3. The van der Waals surface area contributed by atoms with Gasteiger partial charge in [0.25, 0.3) is 5.91 Å². The van der Waals surface area contributed by atoms with E-state index in [1.807, 2.05) is 6.07 Å². The van der Waals surface area contributed by atoms with Crippen LogP contribution in [0.2, 0.25) is 5.02 Å². The first-order valence-electron chi connectivity index (χ1n) is 7.79. The number of rotatable bonds is 5. The number of nitrogens with zero attached hydrogens (tertiary/aromatic N) is 1. The second kappa shape index (κ2) is 7.67. The summed E-state index contributed by atoms with van der Waals surface area (Å²) in [5, 5.41) is 12.9. The molecule has 1 amide bonds. The largest absolute Gasteiger partial charge is 0.507 e. The standard InChI is InChI=1S/C18H15ClN2O4S2/c1-11-7-15(22)13(8-14(11)19)17(23)21-18-20-9-16(26-18)27(24,25)10-12-5-3-2-4-6-12/h2-9,22H,10H2,1H3,(H,20,21,23). The van der Waals surface area contributed by atoms with Gasteiger partial charge in [-0.3, -0.25) is 10.1 Å². The molecule has 3 rings (SSSR count). The maximum atomic E-state index is 12.5. The van der Waals surface area contributed by atoms with Crippen molar-refractivity contribution in [1.82, 2.24) is 4.98 Å². The van der Waals surface area contributed by atoms with Crippen molar-refractivity contribution in [1.29, 1.82) is 0 Å². The summed E-state index contributed by atoms with van der Waals surface area (Å²) in [6.45, 7) is 1.70. The molecule has 0 aliphatic rings. The van der Waals surface area contributed by atoms with Gasteiger partial charge in [0.1, 0.15) is 9.96 Å². The van der Waals surface area contributed by atoms with E-state index in [4.69, 9.17) is 11.6 Å². The molecule has 0 fully saturated rings. The molecule has 0 aliphatic carbocycles. The Balaban J connectivity index is 1.78. The summed E-state index contributed by atoms with van der Waals surface area (Å²) >= 11 is 6.84. The Morgan fingerprint density at radius 3 is 2.67 bits per heavy atom. The number of phenols is 1. The van der Waals surface area contributed by atoms with E-state index < -0.39 is 15.7 Å². The van der Waals surface area contributed by atoms with Gasteiger partial charge in [0.2, 0.25) is 0 Å². The molecule has 0 saturated carbocycles. The van der Waals surface area contributed by atoms with Crippen LogP contribution in [-0.4, -0.2) is 24.4 Å². The third kappa shape index (κ3) is 4.47.